The Morgan fingerprint density at radius 1 is 0.459 bits per heavy atom. The van der Waals surface area contributed by atoms with E-state index in [9.17, 15) is 43.2 Å². The Morgan fingerprint density at radius 2 is 0.905 bits per heavy atom. The van der Waals surface area contributed by atoms with E-state index in [0.29, 0.717) is 25.5 Å². The molecule has 0 bridgehead atoms. The summed E-state index contributed by atoms with van der Waals surface area (Å²) in [5.41, 5.74) is 1.06. The molecule has 0 aliphatic heterocycles. The topological polar surface area (TPSA) is 361 Å². The second kappa shape index (κ2) is 27.8. The van der Waals surface area contributed by atoms with Crippen molar-refractivity contribution in [2.24, 2.45) is 35.2 Å². The van der Waals surface area contributed by atoms with Gasteiger partial charge in [-0.3, -0.25) is 43.2 Å². The number of carboxylic acids is 1. The third-order valence-corrected chi connectivity index (χ3v) is 10.4. The predicted molar refractivity (Wildman–Crippen MR) is 262 cm³/mol. The maximum absolute atomic E-state index is 13.2. The molecule has 0 fully saturated rings. The summed E-state index contributed by atoms with van der Waals surface area (Å²) in [4.78, 5) is 125. The number of anilines is 4. The largest absolute Gasteiger partial charge is 0.481 e. The van der Waals surface area contributed by atoms with Crippen LogP contribution in [-0.2, 0) is 68.6 Å². The zero-order valence-corrected chi connectivity index (χ0v) is 41.4. The minimum absolute atomic E-state index is 0.00394. The SMILES string of the molecule is Cn1cc(NC(=O)c2nc(NC(=O)CCNC(=O)c3cc(NC(=O)c4nccn4C)cn3C)cn2C)cc1C(=O)NCCC(=O)Nc1cn(C)c(C(=O)NCCC(=O)NCCOCCOCCOCCC(=O)O)n1. The number of rotatable bonds is 30. The van der Waals surface area contributed by atoms with E-state index in [0.717, 1.165) is 0 Å². The van der Waals surface area contributed by atoms with Crippen LogP contribution in [0.25, 0.3) is 0 Å². The molecule has 0 saturated heterocycles. The molecule has 8 amide bonds. The number of hydrogen-bond donors (Lipinski definition) is 9. The van der Waals surface area contributed by atoms with E-state index < -0.39 is 47.3 Å². The Labute approximate surface area is 423 Å². The van der Waals surface area contributed by atoms with Gasteiger partial charge < -0.3 is 84.7 Å². The highest BCUT2D eigenvalue weighted by Gasteiger charge is 2.21. The van der Waals surface area contributed by atoms with Gasteiger partial charge in [0.25, 0.3) is 29.5 Å². The van der Waals surface area contributed by atoms with Crippen LogP contribution < -0.4 is 42.5 Å². The second-order valence-electron chi connectivity index (χ2n) is 16.3. The first-order chi connectivity index (χ1) is 35.4. The van der Waals surface area contributed by atoms with Crippen LogP contribution >= 0.6 is 0 Å². The van der Waals surface area contributed by atoms with Crippen molar-refractivity contribution in [3.63, 3.8) is 0 Å². The molecule has 74 heavy (non-hydrogen) atoms. The van der Waals surface area contributed by atoms with Crippen LogP contribution in [0.1, 0.15) is 78.5 Å². The van der Waals surface area contributed by atoms with Gasteiger partial charge in [0.2, 0.25) is 29.4 Å². The summed E-state index contributed by atoms with van der Waals surface area (Å²) in [6.07, 6.45) is 8.74. The molecule has 9 N–H and O–H groups in total. The number of hydrogen-bond acceptors (Lipinski definition) is 15. The van der Waals surface area contributed by atoms with Gasteiger partial charge in [0.15, 0.2) is 17.5 Å². The summed E-state index contributed by atoms with van der Waals surface area (Å²) in [6.45, 7) is 1.71. The maximum atomic E-state index is 13.2. The number of ether oxygens (including phenoxy) is 3. The molecule has 0 atom stereocenters. The zero-order chi connectivity index (χ0) is 53.7. The third kappa shape index (κ3) is 17.6. The first-order valence-corrected chi connectivity index (χ1v) is 23.0. The summed E-state index contributed by atoms with van der Waals surface area (Å²) < 4.78 is 23.2. The van der Waals surface area contributed by atoms with Crippen LogP contribution in [0.4, 0.5) is 23.0 Å². The quantitative estimate of drug-likeness (QED) is 0.0258. The Bertz CT molecular complexity index is 2800. The molecule has 29 nitrogen and oxygen atoms in total. The minimum Gasteiger partial charge on any atom is -0.481 e. The Balaban J connectivity index is 0.949. The smallest absolute Gasteiger partial charge is 0.305 e. The number of imidazole rings is 3. The lowest BCUT2D eigenvalue weighted by Gasteiger charge is -2.08. The lowest BCUT2D eigenvalue weighted by molar-refractivity contribution is -0.138. The number of aliphatic carboxylic acids is 1. The van der Waals surface area contributed by atoms with Gasteiger partial charge in [0, 0.05) is 118 Å². The van der Waals surface area contributed by atoms with Crippen LogP contribution in [0.5, 0.6) is 0 Å². The summed E-state index contributed by atoms with van der Waals surface area (Å²) in [7, 11) is 8.02. The van der Waals surface area contributed by atoms with Gasteiger partial charge in [-0.05, 0) is 12.1 Å². The van der Waals surface area contributed by atoms with Crippen molar-refractivity contribution in [2.75, 3.05) is 87.1 Å². The van der Waals surface area contributed by atoms with Gasteiger partial charge in [0.05, 0.1) is 57.4 Å². The first kappa shape index (κ1) is 56.2. The van der Waals surface area contributed by atoms with E-state index >= 15 is 0 Å². The highest BCUT2D eigenvalue weighted by Crippen LogP contribution is 2.17. The normalized spacial score (nSPS) is 10.9. The standard InChI is InChI=1S/C45H60N16O13/c1-57-15-13-47-38(57)44(70)51-28-22-30(58(2)24-28)41(67)48-12-8-36(64)54-33-27-61(5)40(56-33)45(71)52-29-23-31(59(3)25-29)42(68)49-11-7-35(63)53-32-26-60(4)39(55-32)43(69)50-10-6-34(62)46-14-17-73-19-21-74-20-18-72-16-9-37(65)66/h13,15,22-27H,6-12,14,16-21H2,1-5H3,(H,46,62)(H,48,67)(H,49,68)(H,50,69)(H,51,70)(H,52,71)(H,53,63)(H,54,64)(H,65,66). The molecular formula is C45H60N16O13. The molecule has 5 aromatic heterocycles. The summed E-state index contributed by atoms with van der Waals surface area (Å²) in [5.74, 6) is -4.57. The molecule has 5 aromatic rings. The maximum Gasteiger partial charge on any atom is 0.305 e. The number of carbonyl (C=O) groups is 9. The van der Waals surface area contributed by atoms with E-state index in [1.807, 2.05) is 0 Å². The molecule has 0 radical (unpaired) electrons. The molecule has 0 aliphatic carbocycles. The average molecular weight is 1030 g/mol. The number of carboxylic acid groups (broad SMARTS) is 1. The molecular weight excluding hydrogens is 973 g/mol. The summed E-state index contributed by atoms with van der Waals surface area (Å²) >= 11 is 0. The van der Waals surface area contributed by atoms with Crippen LogP contribution in [0.3, 0.4) is 0 Å². The number of aryl methyl sites for hydroxylation is 5. The predicted octanol–water partition coefficient (Wildman–Crippen LogP) is -0.653. The van der Waals surface area contributed by atoms with Gasteiger partial charge in [-0.15, -0.1) is 0 Å². The molecule has 0 aromatic carbocycles. The first-order valence-electron chi connectivity index (χ1n) is 23.0. The fourth-order valence-electron chi connectivity index (χ4n) is 6.74. The fraction of sp³-hybridized carbons (Fsp3) is 0.422. The molecule has 29 heteroatoms. The van der Waals surface area contributed by atoms with Crippen molar-refractivity contribution in [3.8, 4) is 0 Å². The van der Waals surface area contributed by atoms with E-state index in [-0.39, 0.29) is 124 Å². The van der Waals surface area contributed by atoms with Gasteiger partial charge in [-0.2, -0.15) is 0 Å². The van der Waals surface area contributed by atoms with Crippen LogP contribution in [0.2, 0.25) is 0 Å². The lowest BCUT2D eigenvalue weighted by Crippen LogP contribution is -2.33. The van der Waals surface area contributed by atoms with Gasteiger partial charge in [-0.25, -0.2) is 15.0 Å². The monoisotopic (exact) mass is 1030 g/mol. The van der Waals surface area contributed by atoms with Crippen LogP contribution in [0, 0.1) is 0 Å². The molecule has 0 aliphatic rings. The molecule has 5 heterocycles. The van der Waals surface area contributed by atoms with Crippen molar-refractivity contribution >= 4 is 76.2 Å². The highest BCUT2D eigenvalue weighted by atomic mass is 16.5. The van der Waals surface area contributed by atoms with Crippen molar-refractivity contribution in [2.45, 2.75) is 25.7 Å². The number of nitrogens with zero attached hydrogens (tertiary/aromatic N) is 8. The molecule has 0 spiro atoms. The zero-order valence-electron chi connectivity index (χ0n) is 41.4. The Morgan fingerprint density at radius 3 is 1.39 bits per heavy atom. The van der Waals surface area contributed by atoms with Crippen molar-refractivity contribution in [3.05, 3.63) is 78.2 Å². The number of amides is 8. The summed E-state index contributed by atoms with van der Waals surface area (Å²) in [6, 6.07) is 2.93. The van der Waals surface area contributed by atoms with Crippen molar-refractivity contribution in [1.82, 2.24) is 59.1 Å². The number of aromatic nitrogens is 8. The number of nitrogens with one attached hydrogen (secondary N) is 8. The van der Waals surface area contributed by atoms with Crippen molar-refractivity contribution < 1.29 is 62.5 Å². The van der Waals surface area contributed by atoms with Crippen LogP contribution in [0.15, 0.2) is 49.3 Å². The van der Waals surface area contributed by atoms with E-state index in [1.165, 1.54) is 55.2 Å². The van der Waals surface area contributed by atoms with Gasteiger partial charge >= 0.3 is 5.97 Å². The molecule has 0 unspecified atom stereocenters. The Hall–Kier alpha value is -8.70. The minimum atomic E-state index is -0.932. The van der Waals surface area contributed by atoms with E-state index in [1.54, 1.807) is 52.2 Å². The molecule has 0 saturated carbocycles. The van der Waals surface area contributed by atoms with Gasteiger partial charge in [0.1, 0.15) is 11.4 Å². The highest BCUT2D eigenvalue weighted by molar-refractivity contribution is 6.04. The fourth-order valence-corrected chi connectivity index (χ4v) is 6.74. The van der Waals surface area contributed by atoms with Crippen LogP contribution in [-0.4, -0.2) is 162 Å². The molecule has 398 valence electrons. The Kier molecular flexibility index (Phi) is 21.1. The summed E-state index contributed by atoms with van der Waals surface area (Å²) in [5, 5.41) is 29.7. The molecule has 5 rings (SSSR count). The average Bonchev–Trinajstić information content (AvgIpc) is 4.18. The van der Waals surface area contributed by atoms with E-state index in [4.69, 9.17) is 19.3 Å². The van der Waals surface area contributed by atoms with Crippen molar-refractivity contribution in [1.29, 1.82) is 0 Å². The number of carbonyl (C=O) groups excluding carboxylic acids is 8. The third-order valence-electron chi connectivity index (χ3n) is 10.4. The second-order valence-corrected chi connectivity index (χ2v) is 16.3. The van der Waals surface area contributed by atoms with E-state index in [2.05, 4.69) is 57.5 Å². The lowest BCUT2D eigenvalue weighted by atomic mass is 10.3. The van der Waals surface area contributed by atoms with Gasteiger partial charge in [-0.1, -0.05) is 0 Å².